The molecule has 1 aromatic rings. The molecule has 0 bridgehead atoms. The molecule has 1 radical (unpaired) electrons. The van der Waals surface area contributed by atoms with Gasteiger partial charge in [0, 0.05) is 12.1 Å². The second-order valence-electron chi connectivity index (χ2n) is 3.16. The van der Waals surface area contributed by atoms with Crippen LogP contribution < -0.4 is 4.48 Å². The summed E-state index contributed by atoms with van der Waals surface area (Å²) in [5, 5.41) is 0. The van der Waals surface area contributed by atoms with Crippen molar-refractivity contribution in [3.8, 4) is 0 Å². The van der Waals surface area contributed by atoms with Crippen molar-refractivity contribution in [2.45, 2.75) is 0 Å². The van der Waals surface area contributed by atoms with Crippen molar-refractivity contribution >= 4 is 19.2 Å². The largest absolute Gasteiger partial charge is 0.554 e. The SMILES string of the molecule is [B]1N2C=CC=CC2=Nc2cccc[n+]21. The Kier molecular flexibility index (Phi) is 1.53. The lowest BCUT2D eigenvalue weighted by molar-refractivity contribution is -0.521. The minimum absolute atomic E-state index is 0.957. The number of rotatable bonds is 0. The number of hydrogen-bond donors (Lipinski definition) is 0. The first kappa shape index (κ1) is 7.56. The minimum atomic E-state index is 0.957. The Morgan fingerprint density at radius 3 is 3.29 bits per heavy atom. The molecule has 65 valence electrons. The molecule has 0 aliphatic carbocycles. The lowest BCUT2D eigenvalue weighted by Crippen LogP contribution is -2.53. The number of amidine groups is 1. The van der Waals surface area contributed by atoms with Gasteiger partial charge in [0.15, 0.2) is 0 Å². The number of nitrogens with zero attached hydrogens (tertiary/aromatic N) is 3. The van der Waals surface area contributed by atoms with Crippen LogP contribution in [0.2, 0.25) is 0 Å². The molecule has 3 nitrogen and oxygen atoms in total. The number of aliphatic imine (C=N–C) groups is 1. The fourth-order valence-electron chi connectivity index (χ4n) is 1.53. The third-order valence-corrected chi connectivity index (χ3v) is 2.21. The Hall–Kier alpha value is -1.84. The molecule has 2 aliphatic rings. The average molecular weight is 181 g/mol. The van der Waals surface area contributed by atoms with E-state index in [2.05, 4.69) is 4.99 Å². The first-order valence-electron chi connectivity index (χ1n) is 4.50. The average Bonchev–Trinajstić information content (AvgIpc) is 2.26. The summed E-state index contributed by atoms with van der Waals surface area (Å²) in [4.78, 5) is 6.50. The third kappa shape index (κ3) is 1.08. The molecule has 0 fully saturated rings. The summed E-state index contributed by atoms with van der Waals surface area (Å²) in [6.45, 7) is 0. The van der Waals surface area contributed by atoms with Gasteiger partial charge in [-0.25, -0.2) is 0 Å². The van der Waals surface area contributed by atoms with E-state index in [0.29, 0.717) is 0 Å². The maximum Gasteiger partial charge on any atom is 0.554 e. The molecule has 0 amide bonds. The molecule has 14 heavy (non-hydrogen) atoms. The Bertz CT molecular complexity index is 462. The maximum atomic E-state index is 4.50. The van der Waals surface area contributed by atoms with E-state index in [1.54, 1.807) is 0 Å². The summed E-state index contributed by atoms with van der Waals surface area (Å²) in [5.74, 6) is 1.91. The molecule has 0 saturated carbocycles. The summed E-state index contributed by atoms with van der Waals surface area (Å²) >= 11 is 0. The van der Waals surface area contributed by atoms with Crippen LogP contribution in [0.25, 0.3) is 0 Å². The van der Waals surface area contributed by atoms with Crippen molar-refractivity contribution in [2.24, 2.45) is 4.99 Å². The van der Waals surface area contributed by atoms with E-state index in [-0.39, 0.29) is 0 Å². The third-order valence-electron chi connectivity index (χ3n) is 2.21. The summed E-state index contributed by atoms with van der Waals surface area (Å²) in [7, 11) is 2.01. The lowest BCUT2D eigenvalue weighted by Gasteiger charge is -2.19. The Labute approximate surface area is 83.0 Å². The molecule has 3 heterocycles. The van der Waals surface area contributed by atoms with Crippen molar-refractivity contribution in [1.29, 1.82) is 0 Å². The van der Waals surface area contributed by atoms with Gasteiger partial charge in [-0.15, -0.1) is 0 Å². The van der Waals surface area contributed by atoms with Gasteiger partial charge in [-0.3, -0.25) is 4.48 Å². The molecule has 0 aromatic carbocycles. The van der Waals surface area contributed by atoms with Gasteiger partial charge < -0.3 is 4.81 Å². The van der Waals surface area contributed by atoms with Gasteiger partial charge in [0.05, 0.1) is 6.20 Å². The molecule has 0 saturated heterocycles. The summed E-state index contributed by atoms with van der Waals surface area (Å²) in [6.07, 6.45) is 9.95. The van der Waals surface area contributed by atoms with Gasteiger partial charge in [-0.05, 0) is 23.3 Å². The minimum Gasteiger partial charge on any atom is -0.315 e. The standard InChI is InChI=1S/C10H8BN3/c1-3-7-13-9(5-1)12-10-6-2-4-8-14(10)11-13/h1-8H/q+1. The van der Waals surface area contributed by atoms with Crippen LogP contribution in [0, 0.1) is 0 Å². The Morgan fingerprint density at radius 1 is 1.29 bits per heavy atom. The van der Waals surface area contributed by atoms with E-state index < -0.39 is 0 Å². The first-order chi connectivity index (χ1) is 6.93. The molecular weight excluding hydrogens is 173 g/mol. The van der Waals surface area contributed by atoms with Crippen LogP contribution in [0.3, 0.4) is 0 Å². The van der Waals surface area contributed by atoms with Gasteiger partial charge in [0.25, 0.3) is 0 Å². The molecule has 0 unspecified atom stereocenters. The highest BCUT2D eigenvalue weighted by atomic mass is 15.2. The smallest absolute Gasteiger partial charge is 0.315 e. The second kappa shape index (κ2) is 2.84. The number of allylic oxidation sites excluding steroid dienone is 2. The van der Waals surface area contributed by atoms with Gasteiger partial charge in [0.2, 0.25) is 5.84 Å². The Balaban J connectivity index is 2.13. The van der Waals surface area contributed by atoms with Crippen molar-refractivity contribution in [3.63, 3.8) is 0 Å². The normalized spacial score (nSPS) is 16.9. The molecule has 0 atom stereocenters. The number of aromatic nitrogens is 1. The van der Waals surface area contributed by atoms with Gasteiger partial charge >= 0.3 is 13.4 Å². The van der Waals surface area contributed by atoms with Gasteiger partial charge in [0.1, 0.15) is 0 Å². The second-order valence-corrected chi connectivity index (χ2v) is 3.16. The zero-order chi connectivity index (χ0) is 9.38. The van der Waals surface area contributed by atoms with Crippen LogP contribution in [-0.2, 0) is 0 Å². The summed E-state index contributed by atoms with van der Waals surface area (Å²) < 4.78 is 1.99. The van der Waals surface area contributed by atoms with Crippen LogP contribution >= 0.6 is 0 Å². The molecule has 0 spiro atoms. The predicted molar refractivity (Wildman–Crippen MR) is 55.0 cm³/mol. The van der Waals surface area contributed by atoms with Crippen LogP contribution in [0.1, 0.15) is 0 Å². The molecule has 0 N–H and O–H groups in total. The van der Waals surface area contributed by atoms with E-state index in [1.807, 2.05) is 65.7 Å². The molecule has 3 rings (SSSR count). The molecule has 1 aromatic heterocycles. The quantitative estimate of drug-likeness (QED) is 0.541. The maximum absolute atomic E-state index is 4.50. The van der Waals surface area contributed by atoms with E-state index in [1.165, 1.54) is 0 Å². The van der Waals surface area contributed by atoms with E-state index in [0.717, 1.165) is 11.7 Å². The van der Waals surface area contributed by atoms with Crippen LogP contribution in [0.4, 0.5) is 5.82 Å². The zero-order valence-corrected chi connectivity index (χ0v) is 7.54. The highest BCUT2D eigenvalue weighted by Crippen LogP contribution is 2.12. The van der Waals surface area contributed by atoms with Crippen LogP contribution in [-0.4, -0.2) is 18.2 Å². The predicted octanol–water partition coefficient (Wildman–Crippen LogP) is 0.786. The zero-order valence-electron chi connectivity index (χ0n) is 7.54. The molecule has 4 heteroatoms. The van der Waals surface area contributed by atoms with E-state index >= 15 is 0 Å². The molecular formula is C10H8BN3+. The van der Waals surface area contributed by atoms with E-state index in [4.69, 9.17) is 0 Å². The Morgan fingerprint density at radius 2 is 2.29 bits per heavy atom. The van der Waals surface area contributed by atoms with Gasteiger partial charge in [-0.2, -0.15) is 0 Å². The first-order valence-corrected chi connectivity index (χ1v) is 4.50. The topological polar surface area (TPSA) is 19.5 Å². The molecule has 2 aliphatic heterocycles. The van der Waals surface area contributed by atoms with E-state index in [9.17, 15) is 0 Å². The highest BCUT2D eigenvalue weighted by molar-refractivity contribution is 6.31. The monoisotopic (exact) mass is 181 g/mol. The summed E-state index contributed by atoms with van der Waals surface area (Å²) in [6, 6.07) is 5.97. The number of hydrogen-bond acceptors (Lipinski definition) is 2. The lowest BCUT2D eigenvalue weighted by atomic mass is 10.0. The fourth-order valence-corrected chi connectivity index (χ4v) is 1.53. The highest BCUT2D eigenvalue weighted by Gasteiger charge is 2.27. The van der Waals surface area contributed by atoms with Crippen LogP contribution in [0.15, 0.2) is 53.8 Å². The van der Waals surface area contributed by atoms with Crippen molar-refractivity contribution in [2.75, 3.05) is 0 Å². The van der Waals surface area contributed by atoms with Gasteiger partial charge in [-0.1, -0.05) is 12.1 Å². The van der Waals surface area contributed by atoms with Crippen LogP contribution in [0.5, 0.6) is 0 Å². The number of pyridine rings is 1. The fraction of sp³-hybridized carbons (Fsp3) is 0. The number of fused-ring (bicyclic) bond motifs is 2. The summed E-state index contributed by atoms with van der Waals surface area (Å²) in [5.41, 5.74) is 0. The van der Waals surface area contributed by atoms with Crippen molar-refractivity contribution in [3.05, 3.63) is 48.8 Å². The van der Waals surface area contributed by atoms with Crippen molar-refractivity contribution in [1.82, 2.24) is 4.81 Å². The van der Waals surface area contributed by atoms with Crippen molar-refractivity contribution < 1.29 is 4.48 Å².